The van der Waals surface area contributed by atoms with Crippen molar-refractivity contribution < 1.29 is 9.18 Å². The van der Waals surface area contributed by atoms with Gasteiger partial charge in [0.15, 0.2) is 5.78 Å². The van der Waals surface area contributed by atoms with E-state index in [0.29, 0.717) is 35.3 Å². The number of nitriles is 1. The lowest BCUT2D eigenvalue weighted by atomic mass is 9.71. The van der Waals surface area contributed by atoms with E-state index >= 15 is 0 Å². The number of carbonyl (C=O) groups is 1. The third-order valence-corrected chi connectivity index (χ3v) is 6.92. The van der Waals surface area contributed by atoms with Crippen LogP contribution in [0.3, 0.4) is 0 Å². The number of aromatic nitrogens is 1. The van der Waals surface area contributed by atoms with Crippen LogP contribution in [0.2, 0.25) is 0 Å². The second-order valence-electron chi connectivity index (χ2n) is 8.66. The predicted octanol–water partition coefficient (Wildman–Crippen LogP) is 6.82. The van der Waals surface area contributed by atoms with Gasteiger partial charge < -0.3 is 0 Å². The number of halogens is 1. The van der Waals surface area contributed by atoms with Crippen LogP contribution in [0, 0.1) is 29.0 Å². The number of ketones is 1. The molecule has 1 aromatic heterocycles. The third kappa shape index (κ3) is 4.66. The van der Waals surface area contributed by atoms with Gasteiger partial charge in [0, 0.05) is 23.6 Å². The lowest BCUT2D eigenvalue weighted by Crippen LogP contribution is -2.23. The molecular weight excluding hydrogens is 387 g/mol. The summed E-state index contributed by atoms with van der Waals surface area (Å²) < 4.78 is 13.8. The van der Waals surface area contributed by atoms with Gasteiger partial charge in [-0.1, -0.05) is 25.5 Å². The number of nitrogens with zero attached hydrogens (tertiary/aromatic N) is 2. The smallest absolute Gasteiger partial charge is 0.163 e. The lowest BCUT2D eigenvalue weighted by Gasteiger charge is -2.34. The van der Waals surface area contributed by atoms with Crippen molar-refractivity contribution in [1.29, 1.82) is 5.26 Å². The van der Waals surface area contributed by atoms with Gasteiger partial charge in [0.25, 0.3) is 0 Å². The van der Waals surface area contributed by atoms with E-state index in [-0.39, 0.29) is 11.6 Å². The van der Waals surface area contributed by atoms with E-state index in [2.05, 4.69) is 18.0 Å². The van der Waals surface area contributed by atoms with Crippen molar-refractivity contribution in [1.82, 2.24) is 4.98 Å². The molecule has 158 valence electrons. The molecule has 4 rings (SSSR count). The number of rotatable bonds is 6. The van der Waals surface area contributed by atoms with Crippen molar-refractivity contribution in [3.63, 3.8) is 0 Å². The Morgan fingerprint density at radius 2 is 1.87 bits per heavy atom. The maximum Gasteiger partial charge on any atom is 0.163 e. The van der Waals surface area contributed by atoms with E-state index in [9.17, 15) is 9.18 Å². The van der Waals surface area contributed by atoms with Gasteiger partial charge in [-0.2, -0.15) is 5.26 Å². The normalized spacial score (nSPS) is 19.6. The van der Waals surface area contributed by atoms with Crippen LogP contribution in [0.5, 0.6) is 0 Å². The van der Waals surface area contributed by atoms with Gasteiger partial charge >= 0.3 is 0 Å². The summed E-state index contributed by atoms with van der Waals surface area (Å²) in [6.07, 6.45) is 7.66. The van der Waals surface area contributed by atoms with Gasteiger partial charge in [-0.3, -0.25) is 9.78 Å². The summed E-state index contributed by atoms with van der Waals surface area (Å²) in [6.45, 7) is 2.17. The molecule has 0 bridgehead atoms. The third-order valence-electron chi connectivity index (χ3n) is 6.92. The monoisotopic (exact) mass is 414 g/mol. The van der Waals surface area contributed by atoms with Crippen molar-refractivity contribution in [2.45, 2.75) is 51.4 Å². The number of Topliss-reactive ketones (excluding diaryl/α,β-unsaturated/α-hetero) is 1. The Bertz CT molecular complexity index is 1110. The summed E-state index contributed by atoms with van der Waals surface area (Å²) in [5.74, 6) is 1.26. The molecule has 1 saturated carbocycles. The van der Waals surface area contributed by atoms with Gasteiger partial charge in [0.1, 0.15) is 5.82 Å². The molecule has 0 N–H and O–H groups in total. The Kier molecular flexibility index (Phi) is 6.42. The highest BCUT2D eigenvalue weighted by Gasteiger charge is 2.29. The molecule has 1 heterocycles. The molecule has 31 heavy (non-hydrogen) atoms. The first-order valence-electron chi connectivity index (χ1n) is 11.2. The molecule has 2 aromatic carbocycles. The fraction of sp³-hybridized carbons (Fsp3) is 0.370. The minimum absolute atomic E-state index is 0.161. The molecule has 4 heteroatoms. The first-order chi connectivity index (χ1) is 15.1. The van der Waals surface area contributed by atoms with E-state index in [4.69, 9.17) is 5.26 Å². The zero-order valence-corrected chi connectivity index (χ0v) is 17.9. The van der Waals surface area contributed by atoms with E-state index in [1.807, 2.05) is 12.3 Å². The van der Waals surface area contributed by atoms with Crippen molar-refractivity contribution in [2.75, 3.05) is 0 Å². The Hall–Kier alpha value is -3.06. The molecular formula is C27H27FN2O. The molecule has 0 unspecified atom stereocenters. The summed E-state index contributed by atoms with van der Waals surface area (Å²) in [5.41, 5.74) is 3.31. The molecule has 3 aromatic rings. The molecule has 0 saturated heterocycles. The quantitative estimate of drug-likeness (QED) is 0.416. The Morgan fingerprint density at radius 1 is 1.13 bits per heavy atom. The standard InChI is InChI=1S/C27H27FN2O/c1-2-19(15-27(31)22-5-3-18(17-29)4-6-22)20-7-9-21(10-8-20)24-13-14-30-26-12-11-23(28)16-25(24)26/h3-6,11-14,16,19-21H,2,7-10,15H2,1H3/t19-,20?,21?/m0/s1. The predicted molar refractivity (Wildman–Crippen MR) is 120 cm³/mol. The summed E-state index contributed by atoms with van der Waals surface area (Å²) in [4.78, 5) is 17.2. The van der Waals surface area contributed by atoms with Crippen molar-refractivity contribution in [2.24, 2.45) is 11.8 Å². The highest BCUT2D eigenvalue weighted by molar-refractivity contribution is 5.96. The number of carbonyl (C=O) groups excluding carboxylic acids is 1. The zero-order valence-electron chi connectivity index (χ0n) is 17.9. The van der Waals surface area contributed by atoms with Gasteiger partial charge in [-0.15, -0.1) is 0 Å². The van der Waals surface area contributed by atoms with Crippen LogP contribution in [0.4, 0.5) is 4.39 Å². The maximum atomic E-state index is 13.8. The summed E-state index contributed by atoms with van der Waals surface area (Å²) in [7, 11) is 0. The first-order valence-corrected chi connectivity index (χ1v) is 11.2. The molecule has 0 aliphatic heterocycles. The number of fused-ring (bicyclic) bond motifs is 1. The van der Waals surface area contributed by atoms with Crippen molar-refractivity contribution in [3.8, 4) is 6.07 Å². The van der Waals surface area contributed by atoms with Crippen LogP contribution in [-0.2, 0) is 0 Å². The molecule has 1 atom stereocenters. The first kappa shape index (κ1) is 21.2. The summed E-state index contributed by atoms with van der Waals surface area (Å²) in [5, 5.41) is 9.86. The molecule has 1 aliphatic rings. The van der Waals surface area contributed by atoms with E-state index in [1.54, 1.807) is 36.4 Å². The molecule has 3 nitrogen and oxygen atoms in total. The average Bonchev–Trinajstić information content (AvgIpc) is 2.82. The highest BCUT2D eigenvalue weighted by Crippen LogP contribution is 2.42. The number of hydrogen-bond donors (Lipinski definition) is 0. The van der Waals surface area contributed by atoms with Crippen LogP contribution >= 0.6 is 0 Å². The molecule has 0 spiro atoms. The minimum Gasteiger partial charge on any atom is -0.294 e. The minimum atomic E-state index is -0.220. The average molecular weight is 415 g/mol. The fourth-order valence-corrected chi connectivity index (χ4v) is 5.13. The maximum absolute atomic E-state index is 13.8. The Balaban J connectivity index is 1.42. The highest BCUT2D eigenvalue weighted by atomic mass is 19.1. The number of benzene rings is 2. The second kappa shape index (κ2) is 9.39. The zero-order chi connectivity index (χ0) is 21.8. The topological polar surface area (TPSA) is 53.8 Å². The van der Waals surface area contributed by atoms with Crippen LogP contribution in [-0.4, -0.2) is 10.8 Å². The Labute approximate surface area is 182 Å². The number of hydrogen-bond acceptors (Lipinski definition) is 3. The lowest BCUT2D eigenvalue weighted by molar-refractivity contribution is 0.0926. The van der Waals surface area contributed by atoms with Gasteiger partial charge in [0.05, 0.1) is 17.1 Å². The summed E-state index contributed by atoms with van der Waals surface area (Å²) >= 11 is 0. The van der Waals surface area contributed by atoms with Crippen LogP contribution in [0.1, 0.15) is 72.9 Å². The molecule has 0 amide bonds. The van der Waals surface area contributed by atoms with Gasteiger partial charge in [-0.25, -0.2) is 4.39 Å². The van der Waals surface area contributed by atoms with Crippen LogP contribution in [0.15, 0.2) is 54.7 Å². The second-order valence-corrected chi connectivity index (χ2v) is 8.66. The fourth-order valence-electron chi connectivity index (χ4n) is 5.13. The van der Waals surface area contributed by atoms with Gasteiger partial charge in [-0.05, 0) is 85.4 Å². The Morgan fingerprint density at radius 3 is 2.55 bits per heavy atom. The van der Waals surface area contributed by atoms with E-state index in [0.717, 1.165) is 43.0 Å². The van der Waals surface area contributed by atoms with Crippen molar-refractivity contribution in [3.05, 3.63) is 77.2 Å². The van der Waals surface area contributed by atoms with Crippen LogP contribution in [0.25, 0.3) is 10.9 Å². The molecule has 0 radical (unpaired) electrons. The van der Waals surface area contributed by atoms with Crippen molar-refractivity contribution >= 4 is 16.7 Å². The molecule has 1 fully saturated rings. The molecule has 1 aliphatic carbocycles. The van der Waals surface area contributed by atoms with E-state index in [1.165, 1.54) is 11.6 Å². The van der Waals surface area contributed by atoms with Gasteiger partial charge in [0.2, 0.25) is 0 Å². The number of pyridine rings is 1. The van der Waals surface area contributed by atoms with E-state index < -0.39 is 0 Å². The SMILES string of the molecule is CC[C@@H](CC(=O)c1ccc(C#N)cc1)C1CCC(c2ccnc3ccc(F)cc23)CC1. The largest absolute Gasteiger partial charge is 0.294 e. The summed E-state index contributed by atoms with van der Waals surface area (Å²) in [6, 6.07) is 15.9. The van der Waals surface area contributed by atoms with Crippen LogP contribution < -0.4 is 0 Å².